The molecule has 0 spiro atoms. The van der Waals surface area contributed by atoms with Gasteiger partial charge in [-0.15, -0.1) is 0 Å². The van der Waals surface area contributed by atoms with Gasteiger partial charge in [0.25, 0.3) is 0 Å². The fraction of sp³-hybridized carbons (Fsp3) is 0.611. The number of esters is 1. The molecule has 0 N–H and O–H groups in total. The van der Waals surface area contributed by atoms with Crippen LogP contribution >= 0.6 is 0 Å². The molecule has 1 aromatic rings. The second kappa shape index (κ2) is 6.18. The van der Waals surface area contributed by atoms with E-state index in [1.807, 2.05) is 20.8 Å². The molecule has 116 valence electrons. The van der Waals surface area contributed by atoms with Crippen LogP contribution in [0.1, 0.15) is 50.3 Å². The lowest BCUT2D eigenvalue weighted by Crippen LogP contribution is -2.40. The van der Waals surface area contributed by atoms with E-state index in [1.165, 1.54) is 16.7 Å². The first-order chi connectivity index (χ1) is 9.78. The number of hydrogen-bond acceptors (Lipinski definition) is 3. The molecule has 1 aromatic carbocycles. The van der Waals surface area contributed by atoms with E-state index in [0.29, 0.717) is 0 Å². The van der Waals surface area contributed by atoms with Gasteiger partial charge in [0.1, 0.15) is 11.6 Å². The Bertz CT molecular complexity index is 496. The van der Waals surface area contributed by atoms with Gasteiger partial charge in [-0.05, 0) is 70.7 Å². The maximum Gasteiger partial charge on any atom is 0.323 e. The summed E-state index contributed by atoms with van der Waals surface area (Å²) < 4.78 is 5.57. The van der Waals surface area contributed by atoms with Crippen LogP contribution in [-0.2, 0) is 16.1 Å². The highest BCUT2D eigenvalue weighted by molar-refractivity contribution is 5.76. The molecule has 1 fully saturated rings. The van der Waals surface area contributed by atoms with Crippen LogP contribution in [0.2, 0.25) is 0 Å². The maximum atomic E-state index is 12.4. The molecule has 0 bridgehead atoms. The van der Waals surface area contributed by atoms with Crippen molar-refractivity contribution < 1.29 is 9.53 Å². The van der Waals surface area contributed by atoms with Crippen LogP contribution in [0.15, 0.2) is 18.2 Å². The third-order valence-electron chi connectivity index (χ3n) is 4.05. The van der Waals surface area contributed by atoms with Crippen LogP contribution in [0.4, 0.5) is 0 Å². The molecule has 1 aliphatic rings. The van der Waals surface area contributed by atoms with Crippen molar-refractivity contribution in [3.05, 3.63) is 34.9 Å². The van der Waals surface area contributed by atoms with Gasteiger partial charge in [0.2, 0.25) is 0 Å². The zero-order valence-corrected chi connectivity index (χ0v) is 13.9. The summed E-state index contributed by atoms with van der Waals surface area (Å²) in [7, 11) is 0. The second-order valence-electron chi connectivity index (χ2n) is 7.03. The standard InChI is InChI=1S/C18H27NO2/c1-13-8-6-9-14(2)15(13)12-19-11-7-10-16(19)17(20)21-18(3,4)5/h6,8-9,16H,7,10-12H2,1-5H3/t16-/m0/s1. The third-order valence-corrected chi connectivity index (χ3v) is 4.05. The normalized spacial score (nSPS) is 19.8. The van der Waals surface area contributed by atoms with Crippen LogP contribution in [0.5, 0.6) is 0 Å². The molecule has 0 amide bonds. The van der Waals surface area contributed by atoms with E-state index in [9.17, 15) is 4.79 Å². The lowest BCUT2D eigenvalue weighted by atomic mass is 10.0. The Morgan fingerprint density at radius 3 is 2.48 bits per heavy atom. The van der Waals surface area contributed by atoms with Gasteiger partial charge in [-0.2, -0.15) is 0 Å². The minimum Gasteiger partial charge on any atom is -0.459 e. The Kier molecular flexibility index (Phi) is 4.72. The van der Waals surface area contributed by atoms with Gasteiger partial charge in [0, 0.05) is 6.54 Å². The monoisotopic (exact) mass is 289 g/mol. The van der Waals surface area contributed by atoms with Crippen molar-refractivity contribution in [3.63, 3.8) is 0 Å². The Hall–Kier alpha value is -1.35. The number of hydrogen-bond donors (Lipinski definition) is 0. The van der Waals surface area contributed by atoms with Crippen molar-refractivity contribution in [2.75, 3.05) is 6.54 Å². The topological polar surface area (TPSA) is 29.5 Å². The predicted octanol–water partition coefficient (Wildman–Crippen LogP) is 3.61. The lowest BCUT2D eigenvalue weighted by Gasteiger charge is -2.28. The summed E-state index contributed by atoms with van der Waals surface area (Å²) in [4.78, 5) is 14.6. The molecule has 1 saturated heterocycles. The van der Waals surface area contributed by atoms with Crippen molar-refractivity contribution in [2.45, 2.75) is 65.6 Å². The quantitative estimate of drug-likeness (QED) is 0.796. The van der Waals surface area contributed by atoms with Gasteiger partial charge >= 0.3 is 5.97 Å². The summed E-state index contributed by atoms with van der Waals surface area (Å²) in [6.45, 7) is 11.9. The molecule has 21 heavy (non-hydrogen) atoms. The van der Waals surface area contributed by atoms with E-state index in [0.717, 1.165) is 25.9 Å². The first-order valence-electron chi connectivity index (χ1n) is 7.80. The van der Waals surface area contributed by atoms with Crippen LogP contribution in [-0.4, -0.2) is 29.1 Å². The number of aryl methyl sites for hydroxylation is 2. The summed E-state index contributed by atoms with van der Waals surface area (Å²) in [6.07, 6.45) is 1.97. The molecular weight excluding hydrogens is 262 g/mol. The van der Waals surface area contributed by atoms with Gasteiger partial charge in [0.05, 0.1) is 0 Å². The summed E-state index contributed by atoms with van der Waals surface area (Å²) in [6, 6.07) is 6.27. The van der Waals surface area contributed by atoms with E-state index >= 15 is 0 Å². The largest absolute Gasteiger partial charge is 0.459 e. The van der Waals surface area contributed by atoms with E-state index in [4.69, 9.17) is 4.74 Å². The van der Waals surface area contributed by atoms with Crippen LogP contribution in [0.25, 0.3) is 0 Å². The first-order valence-corrected chi connectivity index (χ1v) is 7.80. The number of rotatable bonds is 3. The zero-order chi connectivity index (χ0) is 15.6. The predicted molar refractivity (Wildman–Crippen MR) is 85.2 cm³/mol. The Balaban J connectivity index is 2.11. The highest BCUT2D eigenvalue weighted by atomic mass is 16.6. The molecule has 0 unspecified atom stereocenters. The van der Waals surface area contributed by atoms with Gasteiger partial charge in [-0.1, -0.05) is 18.2 Å². The molecule has 1 heterocycles. The fourth-order valence-electron chi connectivity index (χ4n) is 2.95. The molecule has 2 rings (SSSR count). The Labute approximate surface area is 128 Å². The number of ether oxygens (including phenoxy) is 1. The second-order valence-corrected chi connectivity index (χ2v) is 7.03. The molecule has 0 aromatic heterocycles. The van der Waals surface area contributed by atoms with Crippen molar-refractivity contribution >= 4 is 5.97 Å². The van der Waals surface area contributed by atoms with E-state index in [2.05, 4.69) is 36.9 Å². The molecule has 0 aliphatic carbocycles. The summed E-state index contributed by atoms with van der Waals surface area (Å²) >= 11 is 0. The number of benzene rings is 1. The molecule has 3 nitrogen and oxygen atoms in total. The Morgan fingerprint density at radius 2 is 1.90 bits per heavy atom. The molecule has 0 saturated carbocycles. The zero-order valence-electron chi connectivity index (χ0n) is 13.9. The van der Waals surface area contributed by atoms with Crippen molar-refractivity contribution in [2.24, 2.45) is 0 Å². The number of likely N-dealkylation sites (tertiary alicyclic amines) is 1. The summed E-state index contributed by atoms with van der Waals surface area (Å²) in [5.74, 6) is -0.0776. The number of carbonyl (C=O) groups is 1. The van der Waals surface area contributed by atoms with Crippen LogP contribution < -0.4 is 0 Å². The molecule has 3 heteroatoms. The minimum atomic E-state index is -0.413. The minimum absolute atomic E-state index is 0.0776. The van der Waals surface area contributed by atoms with Crippen molar-refractivity contribution in [1.82, 2.24) is 4.90 Å². The maximum absolute atomic E-state index is 12.4. The lowest BCUT2D eigenvalue weighted by molar-refractivity contribution is -0.160. The highest BCUT2D eigenvalue weighted by Gasteiger charge is 2.34. The number of nitrogens with zero attached hydrogens (tertiary/aromatic N) is 1. The summed E-state index contributed by atoms with van der Waals surface area (Å²) in [5, 5.41) is 0. The van der Waals surface area contributed by atoms with E-state index in [-0.39, 0.29) is 12.0 Å². The highest BCUT2D eigenvalue weighted by Crippen LogP contribution is 2.25. The van der Waals surface area contributed by atoms with Crippen molar-refractivity contribution in [1.29, 1.82) is 0 Å². The fourth-order valence-corrected chi connectivity index (χ4v) is 2.95. The molecule has 0 radical (unpaired) electrons. The number of carbonyl (C=O) groups excluding carboxylic acids is 1. The van der Waals surface area contributed by atoms with Gasteiger partial charge in [-0.25, -0.2) is 0 Å². The summed E-state index contributed by atoms with van der Waals surface area (Å²) in [5.41, 5.74) is 3.52. The van der Waals surface area contributed by atoms with Crippen LogP contribution in [0, 0.1) is 13.8 Å². The van der Waals surface area contributed by atoms with E-state index < -0.39 is 5.60 Å². The van der Waals surface area contributed by atoms with Crippen LogP contribution in [0.3, 0.4) is 0 Å². The average molecular weight is 289 g/mol. The van der Waals surface area contributed by atoms with Crippen molar-refractivity contribution in [3.8, 4) is 0 Å². The van der Waals surface area contributed by atoms with Gasteiger partial charge in [-0.3, -0.25) is 9.69 Å². The first kappa shape index (κ1) is 16.0. The molecule has 1 atom stereocenters. The Morgan fingerprint density at radius 1 is 1.29 bits per heavy atom. The smallest absolute Gasteiger partial charge is 0.323 e. The molecular formula is C18H27NO2. The molecule has 1 aliphatic heterocycles. The van der Waals surface area contributed by atoms with E-state index in [1.54, 1.807) is 0 Å². The third kappa shape index (κ3) is 4.07. The van der Waals surface area contributed by atoms with Gasteiger partial charge < -0.3 is 4.74 Å². The average Bonchev–Trinajstić information content (AvgIpc) is 2.80. The SMILES string of the molecule is Cc1cccc(C)c1CN1CCC[C@H]1C(=O)OC(C)(C)C. The van der Waals surface area contributed by atoms with Gasteiger partial charge in [0.15, 0.2) is 0 Å².